The van der Waals surface area contributed by atoms with Crippen molar-refractivity contribution in [3.05, 3.63) is 66.1 Å². The van der Waals surface area contributed by atoms with Gasteiger partial charge >= 0.3 is 0 Å². The van der Waals surface area contributed by atoms with Gasteiger partial charge < -0.3 is 20.9 Å². The fourth-order valence-corrected chi connectivity index (χ4v) is 5.78. The minimum absolute atomic E-state index is 0.0733. The minimum Gasteiger partial charge on any atom is -0.382 e. The molecule has 4 aromatic rings. The lowest BCUT2D eigenvalue weighted by atomic mass is 9.96. The Hall–Kier alpha value is -4.47. The highest BCUT2D eigenvalue weighted by molar-refractivity contribution is 6.04. The molecule has 212 valence electrons. The van der Waals surface area contributed by atoms with E-state index in [0.717, 1.165) is 30.9 Å². The Kier molecular flexibility index (Phi) is 7.30. The number of benzene rings is 1. The summed E-state index contributed by atoms with van der Waals surface area (Å²) < 4.78 is 1.96. The molecule has 2 aliphatic rings. The van der Waals surface area contributed by atoms with E-state index in [1.54, 1.807) is 24.5 Å². The molecule has 2 fully saturated rings. The number of aromatic nitrogens is 4. The molecule has 3 aromatic heterocycles. The SMILES string of the molecule is CCN(CC)C(=O)C1CCCN(c2nc(-c3ccc(C(=O)Nc4cc(C5CC5)ccn4)cc3)c3c(N)nccn23)C1. The standard InChI is InChI=1S/C31H36N8O2/c1-3-37(4-2)30(41)24-6-5-16-38(19-24)31-36-26(27-28(32)34-15-17-39(27)31)21-9-11-22(12-10-21)29(40)35-25-18-23(13-14-33-25)20-7-8-20/h9-15,17-18,20,24H,3-8,16,19H2,1-2H3,(H2,32,34)(H,33,35,40). The molecule has 4 heterocycles. The Labute approximate surface area is 239 Å². The smallest absolute Gasteiger partial charge is 0.256 e. The van der Waals surface area contributed by atoms with Crippen molar-refractivity contribution in [3.8, 4) is 11.3 Å². The zero-order chi connectivity index (χ0) is 28.5. The van der Waals surface area contributed by atoms with Crippen LogP contribution in [0.2, 0.25) is 0 Å². The molecular formula is C31H36N8O2. The van der Waals surface area contributed by atoms with Crippen LogP contribution in [0.4, 0.5) is 17.6 Å². The van der Waals surface area contributed by atoms with E-state index in [-0.39, 0.29) is 17.7 Å². The van der Waals surface area contributed by atoms with Crippen LogP contribution in [0.1, 0.15) is 61.4 Å². The van der Waals surface area contributed by atoms with Crippen LogP contribution in [-0.4, -0.2) is 62.2 Å². The summed E-state index contributed by atoms with van der Waals surface area (Å²) in [5.41, 5.74) is 10.3. The van der Waals surface area contributed by atoms with Gasteiger partial charge in [0.05, 0.1) is 5.92 Å². The number of anilines is 3. The van der Waals surface area contributed by atoms with Gasteiger partial charge in [0.2, 0.25) is 11.9 Å². The molecule has 3 N–H and O–H groups in total. The third-order valence-electron chi connectivity index (χ3n) is 8.19. The van der Waals surface area contributed by atoms with E-state index in [4.69, 9.17) is 10.7 Å². The third-order valence-corrected chi connectivity index (χ3v) is 8.19. The number of piperidine rings is 1. The van der Waals surface area contributed by atoms with Crippen LogP contribution >= 0.6 is 0 Å². The van der Waals surface area contributed by atoms with Crippen LogP contribution in [0.3, 0.4) is 0 Å². The second-order valence-corrected chi connectivity index (χ2v) is 10.9. The molecule has 0 radical (unpaired) electrons. The number of carbonyl (C=O) groups is 2. The molecule has 1 saturated heterocycles. The zero-order valence-electron chi connectivity index (χ0n) is 23.6. The molecule has 1 saturated carbocycles. The van der Waals surface area contributed by atoms with Crippen LogP contribution in [0.5, 0.6) is 0 Å². The number of hydrogen-bond donors (Lipinski definition) is 2. The number of fused-ring (bicyclic) bond motifs is 1. The summed E-state index contributed by atoms with van der Waals surface area (Å²) >= 11 is 0. The van der Waals surface area contributed by atoms with Crippen molar-refractivity contribution in [2.45, 2.75) is 45.4 Å². The summed E-state index contributed by atoms with van der Waals surface area (Å²) in [4.78, 5) is 43.9. The molecule has 1 unspecified atom stereocenters. The van der Waals surface area contributed by atoms with Gasteiger partial charge in [-0.3, -0.25) is 14.0 Å². The number of nitrogen functional groups attached to an aromatic ring is 1. The van der Waals surface area contributed by atoms with Gasteiger partial charge in [0.15, 0.2) is 0 Å². The first-order chi connectivity index (χ1) is 20.0. The minimum atomic E-state index is -0.217. The quantitative estimate of drug-likeness (QED) is 0.328. The second-order valence-electron chi connectivity index (χ2n) is 10.9. The summed E-state index contributed by atoms with van der Waals surface area (Å²) in [5.74, 6) is 2.17. The number of hydrogen-bond acceptors (Lipinski definition) is 7. The number of rotatable bonds is 8. The highest BCUT2D eigenvalue weighted by atomic mass is 16.2. The van der Waals surface area contributed by atoms with Crippen LogP contribution in [0, 0.1) is 5.92 Å². The molecule has 1 aliphatic heterocycles. The molecular weight excluding hydrogens is 516 g/mol. The molecule has 6 rings (SSSR count). The van der Waals surface area contributed by atoms with Crippen LogP contribution < -0.4 is 16.0 Å². The zero-order valence-corrected chi connectivity index (χ0v) is 23.6. The van der Waals surface area contributed by atoms with E-state index >= 15 is 0 Å². The highest BCUT2D eigenvalue weighted by Crippen LogP contribution is 2.40. The molecule has 0 spiro atoms. The van der Waals surface area contributed by atoms with Crippen molar-refractivity contribution in [1.29, 1.82) is 0 Å². The van der Waals surface area contributed by atoms with Gasteiger partial charge in [-0.05, 0) is 75.3 Å². The molecule has 2 amide bonds. The van der Waals surface area contributed by atoms with Gasteiger partial charge in [-0.1, -0.05) is 12.1 Å². The second kappa shape index (κ2) is 11.2. The summed E-state index contributed by atoms with van der Waals surface area (Å²) in [6.07, 6.45) is 9.43. The van der Waals surface area contributed by atoms with E-state index < -0.39 is 0 Å². The van der Waals surface area contributed by atoms with Crippen molar-refractivity contribution in [2.75, 3.05) is 42.1 Å². The molecule has 1 aliphatic carbocycles. The van der Waals surface area contributed by atoms with E-state index in [1.165, 1.54) is 18.4 Å². The Morgan fingerprint density at radius 1 is 1.05 bits per heavy atom. The van der Waals surface area contributed by atoms with Gasteiger partial charge in [-0.15, -0.1) is 0 Å². The first-order valence-electron chi connectivity index (χ1n) is 14.5. The van der Waals surface area contributed by atoms with Gasteiger partial charge in [0.1, 0.15) is 22.8 Å². The van der Waals surface area contributed by atoms with E-state index in [9.17, 15) is 9.59 Å². The van der Waals surface area contributed by atoms with E-state index in [1.807, 2.05) is 53.6 Å². The molecule has 0 bridgehead atoms. The van der Waals surface area contributed by atoms with Gasteiger partial charge in [0.25, 0.3) is 5.91 Å². The van der Waals surface area contributed by atoms with Crippen molar-refractivity contribution >= 4 is 34.9 Å². The largest absolute Gasteiger partial charge is 0.382 e. The average molecular weight is 553 g/mol. The normalized spacial score (nSPS) is 17.0. The van der Waals surface area contributed by atoms with Crippen molar-refractivity contribution in [1.82, 2.24) is 24.3 Å². The number of nitrogens with one attached hydrogen (secondary N) is 1. The lowest BCUT2D eigenvalue weighted by Crippen LogP contribution is -2.45. The number of nitrogens with two attached hydrogens (primary N) is 1. The molecule has 10 heteroatoms. The molecule has 1 atom stereocenters. The van der Waals surface area contributed by atoms with Crippen LogP contribution in [0.25, 0.3) is 16.8 Å². The van der Waals surface area contributed by atoms with Crippen molar-refractivity contribution in [2.24, 2.45) is 5.92 Å². The Morgan fingerprint density at radius 2 is 1.83 bits per heavy atom. The summed E-state index contributed by atoms with van der Waals surface area (Å²) in [5, 5.41) is 2.92. The number of carbonyl (C=O) groups excluding carboxylic acids is 2. The Balaban J connectivity index is 1.26. The Bertz CT molecular complexity index is 1570. The van der Waals surface area contributed by atoms with Gasteiger partial charge in [0, 0.05) is 55.9 Å². The number of imidazole rings is 1. The highest BCUT2D eigenvalue weighted by Gasteiger charge is 2.31. The van der Waals surface area contributed by atoms with Crippen LogP contribution in [-0.2, 0) is 4.79 Å². The van der Waals surface area contributed by atoms with E-state index in [0.29, 0.717) is 54.0 Å². The maximum Gasteiger partial charge on any atom is 0.256 e. The lowest BCUT2D eigenvalue weighted by Gasteiger charge is -2.34. The third kappa shape index (κ3) is 5.33. The predicted molar refractivity (Wildman–Crippen MR) is 160 cm³/mol. The fraction of sp³-hybridized carbons (Fsp3) is 0.387. The number of amides is 2. The maximum atomic E-state index is 13.1. The molecule has 10 nitrogen and oxygen atoms in total. The summed E-state index contributed by atoms with van der Waals surface area (Å²) in [6.45, 7) is 6.86. The number of pyridine rings is 1. The van der Waals surface area contributed by atoms with E-state index in [2.05, 4.69) is 20.2 Å². The molecule has 1 aromatic carbocycles. The lowest BCUT2D eigenvalue weighted by molar-refractivity contribution is -0.135. The van der Waals surface area contributed by atoms with Gasteiger partial charge in [-0.25, -0.2) is 15.0 Å². The van der Waals surface area contributed by atoms with Gasteiger partial charge in [-0.2, -0.15) is 0 Å². The first kappa shape index (κ1) is 26.7. The number of nitrogens with zero attached hydrogens (tertiary/aromatic N) is 6. The fourth-order valence-electron chi connectivity index (χ4n) is 5.78. The first-order valence-corrected chi connectivity index (χ1v) is 14.5. The van der Waals surface area contributed by atoms with Crippen molar-refractivity contribution in [3.63, 3.8) is 0 Å². The molecule has 41 heavy (non-hydrogen) atoms. The Morgan fingerprint density at radius 3 is 2.56 bits per heavy atom. The van der Waals surface area contributed by atoms with Crippen LogP contribution in [0.15, 0.2) is 55.0 Å². The topological polar surface area (TPSA) is 122 Å². The maximum absolute atomic E-state index is 13.1. The predicted octanol–water partition coefficient (Wildman–Crippen LogP) is 4.59. The summed E-state index contributed by atoms with van der Waals surface area (Å²) in [7, 11) is 0. The average Bonchev–Trinajstić information content (AvgIpc) is 3.78. The van der Waals surface area contributed by atoms with Crippen molar-refractivity contribution < 1.29 is 9.59 Å². The monoisotopic (exact) mass is 552 g/mol. The summed E-state index contributed by atoms with van der Waals surface area (Å²) in [6, 6.07) is 11.3.